The molecule has 2 amide bonds. The third-order valence-corrected chi connectivity index (χ3v) is 6.31. The number of ether oxygens (including phenoxy) is 1. The molecule has 3 saturated heterocycles. The standard InChI is InChI=1S/C20H30N6O3.ClH/c21-18(27)16-14-4-5-15(29-14)17(16)19(28)22-6-1-2-9-25-10-12-26(13-11-25)20-23-7-3-8-24-20;/h3,7-8,14-17H,1-2,4-6,9-13H2,(H2,21,27)(H,22,28);1H. The van der Waals surface area contributed by atoms with Gasteiger partial charge in [-0.2, -0.15) is 0 Å². The summed E-state index contributed by atoms with van der Waals surface area (Å²) < 4.78 is 5.75. The molecule has 4 rings (SSSR count). The number of amides is 2. The molecule has 3 aliphatic heterocycles. The number of nitrogens with zero attached hydrogens (tertiary/aromatic N) is 4. The summed E-state index contributed by atoms with van der Waals surface area (Å²) in [4.78, 5) is 37.5. The number of nitrogens with one attached hydrogen (secondary N) is 1. The van der Waals surface area contributed by atoms with Crippen LogP contribution in [0.2, 0.25) is 0 Å². The first-order valence-corrected chi connectivity index (χ1v) is 10.6. The third-order valence-electron chi connectivity index (χ3n) is 6.31. The first-order valence-electron chi connectivity index (χ1n) is 10.6. The van der Waals surface area contributed by atoms with Crippen LogP contribution in [0.3, 0.4) is 0 Å². The van der Waals surface area contributed by atoms with Crippen molar-refractivity contribution in [3.63, 3.8) is 0 Å². The van der Waals surface area contributed by atoms with Gasteiger partial charge >= 0.3 is 0 Å². The second kappa shape index (κ2) is 10.4. The van der Waals surface area contributed by atoms with Gasteiger partial charge in [-0.05, 0) is 38.3 Å². The Morgan fingerprint density at radius 3 is 2.40 bits per heavy atom. The monoisotopic (exact) mass is 438 g/mol. The van der Waals surface area contributed by atoms with E-state index in [9.17, 15) is 9.59 Å². The van der Waals surface area contributed by atoms with E-state index in [2.05, 4.69) is 25.1 Å². The van der Waals surface area contributed by atoms with Crippen LogP contribution in [0.5, 0.6) is 0 Å². The Kier molecular flexibility index (Phi) is 7.85. The zero-order valence-corrected chi connectivity index (χ0v) is 17.9. The Hall–Kier alpha value is -1.97. The highest BCUT2D eigenvalue weighted by molar-refractivity contribution is 5.88. The van der Waals surface area contributed by atoms with Crippen molar-refractivity contribution in [2.75, 3.05) is 44.2 Å². The number of rotatable bonds is 8. The van der Waals surface area contributed by atoms with Gasteiger partial charge in [0.15, 0.2) is 0 Å². The van der Waals surface area contributed by atoms with Crippen LogP contribution in [0.15, 0.2) is 18.5 Å². The highest BCUT2D eigenvalue weighted by atomic mass is 35.5. The van der Waals surface area contributed by atoms with Crippen molar-refractivity contribution >= 4 is 30.2 Å². The van der Waals surface area contributed by atoms with Gasteiger partial charge in [-0.15, -0.1) is 12.4 Å². The minimum atomic E-state index is -0.473. The summed E-state index contributed by atoms with van der Waals surface area (Å²) in [6, 6.07) is 1.83. The molecule has 4 heterocycles. The van der Waals surface area contributed by atoms with E-state index in [4.69, 9.17) is 10.5 Å². The fourth-order valence-corrected chi connectivity index (χ4v) is 4.79. The van der Waals surface area contributed by atoms with Gasteiger partial charge in [0.1, 0.15) is 0 Å². The summed E-state index contributed by atoms with van der Waals surface area (Å²) in [5.74, 6) is -0.596. The number of piperazine rings is 1. The number of anilines is 1. The summed E-state index contributed by atoms with van der Waals surface area (Å²) >= 11 is 0. The Balaban J connectivity index is 0.00000256. The number of hydrogen-bond acceptors (Lipinski definition) is 7. The quantitative estimate of drug-likeness (QED) is 0.557. The summed E-state index contributed by atoms with van der Waals surface area (Å²) in [5, 5.41) is 2.99. The molecule has 0 aliphatic carbocycles. The van der Waals surface area contributed by atoms with Crippen LogP contribution in [0.4, 0.5) is 5.95 Å². The van der Waals surface area contributed by atoms with Crippen LogP contribution in [-0.4, -0.2) is 78.2 Å². The molecule has 2 bridgehead atoms. The molecule has 4 atom stereocenters. The number of fused-ring (bicyclic) bond motifs is 2. The van der Waals surface area contributed by atoms with E-state index in [1.54, 1.807) is 12.4 Å². The first-order chi connectivity index (χ1) is 14.1. The van der Waals surface area contributed by atoms with Gasteiger partial charge < -0.3 is 20.7 Å². The van der Waals surface area contributed by atoms with E-state index in [1.807, 2.05) is 6.07 Å². The first kappa shape index (κ1) is 22.7. The molecular formula is C20H31ClN6O3. The SMILES string of the molecule is Cl.NC(=O)C1C2CCC(O2)C1C(=O)NCCCCN1CCN(c2ncccn2)CC1. The molecule has 1 aromatic rings. The van der Waals surface area contributed by atoms with Gasteiger partial charge in [0.05, 0.1) is 24.0 Å². The highest BCUT2D eigenvalue weighted by Gasteiger charge is 2.54. The van der Waals surface area contributed by atoms with Crippen molar-refractivity contribution in [1.29, 1.82) is 0 Å². The molecule has 3 N–H and O–H groups in total. The molecule has 3 fully saturated rings. The fraction of sp³-hybridized carbons (Fsp3) is 0.700. The van der Waals surface area contributed by atoms with Gasteiger partial charge in [-0.25, -0.2) is 9.97 Å². The Morgan fingerprint density at radius 2 is 1.73 bits per heavy atom. The molecular weight excluding hydrogens is 408 g/mol. The molecule has 3 aliphatic rings. The topological polar surface area (TPSA) is 114 Å². The maximum Gasteiger partial charge on any atom is 0.226 e. The van der Waals surface area contributed by atoms with Crippen LogP contribution >= 0.6 is 12.4 Å². The lowest BCUT2D eigenvalue weighted by molar-refractivity contribution is -0.133. The van der Waals surface area contributed by atoms with E-state index >= 15 is 0 Å². The Bertz CT molecular complexity index is 716. The van der Waals surface area contributed by atoms with Crippen molar-refractivity contribution < 1.29 is 14.3 Å². The number of halogens is 1. The normalized spacial score (nSPS) is 28.2. The van der Waals surface area contributed by atoms with Crippen LogP contribution in [0.25, 0.3) is 0 Å². The number of hydrogen-bond donors (Lipinski definition) is 2. The summed E-state index contributed by atoms with van der Waals surface area (Å²) in [7, 11) is 0. The second-order valence-corrected chi connectivity index (χ2v) is 8.12. The lowest BCUT2D eigenvalue weighted by atomic mass is 9.78. The van der Waals surface area contributed by atoms with E-state index in [0.29, 0.717) is 6.54 Å². The average Bonchev–Trinajstić information content (AvgIpc) is 3.36. The summed E-state index contributed by atoms with van der Waals surface area (Å²) in [6.07, 6.45) is 6.83. The Morgan fingerprint density at radius 1 is 1.07 bits per heavy atom. The predicted octanol–water partition coefficient (Wildman–Crippen LogP) is 0.196. The largest absolute Gasteiger partial charge is 0.373 e. The van der Waals surface area contributed by atoms with Crippen molar-refractivity contribution in [1.82, 2.24) is 20.2 Å². The van der Waals surface area contributed by atoms with Gasteiger partial charge in [-0.3, -0.25) is 14.5 Å². The summed E-state index contributed by atoms with van der Waals surface area (Å²) in [6.45, 7) is 5.48. The molecule has 9 nitrogen and oxygen atoms in total. The molecule has 0 spiro atoms. The smallest absolute Gasteiger partial charge is 0.226 e. The molecule has 0 radical (unpaired) electrons. The van der Waals surface area contributed by atoms with Crippen LogP contribution in [-0.2, 0) is 14.3 Å². The van der Waals surface area contributed by atoms with Crippen molar-refractivity contribution in [2.24, 2.45) is 17.6 Å². The molecule has 10 heteroatoms. The van der Waals surface area contributed by atoms with Gasteiger partial charge in [0, 0.05) is 45.1 Å². The van der Waals surface area contributed by atoms with Crippen molar-refractivity contribution in [3.8, 4) is 0 Å². The number of carbonyl (C=O) groups is 2. The van der Waals surface area contributed by atoms with Crippen molar-refractivity contribution in [3.05, 3.63) is 18.5 Å². The lowest BCUT2D eigenvalue weighted by Gasteiger charge is -2.34. The molecule has 166 valence electrons. The fourth-order valence-electron chi connectivity index (χ4n) is 4.79. The zero-order chi connectivity index (χ0) is 20.2. The van der Waals surface area contributed by atoms with E-state index in [-0.39, 0.29) is 30.5 Å². The number of carbonyl (C=O) groups excluding carboxylic acids is 2. The predicted molar refractivity (Wildman–Crippen MR) is 114 cm³/mol. The van der Waals surface area contributed by atoms with Gasteiger partial charge in [0.2, 0.25) is 17.8 Å². The number of unbranched alkanes of at least 4 members (excludes halogenated alkanes) is 1. The van der Waals surface area contributed by atoms with Gasteiger partial charge in [-0.1, -0.05) is 0 Å². The highest BCUT2D eigenvalue weighted by Crippen LogP contribution is 2.43. The molecule has 0 aromatic carbocycles. The van der Waals surface area contributed by atoms with Gasteiger partial charge in [0.25, 0.3) is 0 Å². The second-order valence-electron chi connectivity index (χ2n) is 8.12. The number of nitrogens with two attached hydrogens (primary N) is 1. The summed E-state index contributed by atoms with van der Waals surface area (Å²) in [5.41, 5.74) is 5.50. The lowest BCUT2D eigenvalue weighted by Crippen LogP contribution is -2.47. The zero-order valence-electron chi connectivity index (χ0n) is 17.1. The minimum Gasteiger partial charge on any atom is -0.373 e. The number of primary amides is 1. The molecule has 1 aromatic heterocycles. The van der Waals surface area contributed by atoms with Crippen LogP contribution < -0.4 is 16.0 Å². The van der Waals surface area contributed by atoms with E-state index in [1.165, 1.54) is 0 Å². The average molecular weight is 439 g/mol. The molecule has 30 heavy (non-hydrogen) atoms. The third kappa shape index (κ3) is 5.01. The van der Waals surface area contributed by atoms with Crippen molar-refractivity contribution in [2.45, 2.75) is 37.9 Å². The minimum absolute atomic E-state index is 0. The maximum absolute atomic E-state index is 12.6. The molecule has 0 saturated carbocycles. The maximum atomic E-state index is 12.6. The van der Waals surface area contributed by atoms with Crippen LogP contribution in [0, 0.1) is 11.8 Å². The van der Waals surface area contributed by atoms with Crippen LogP contribution in [0.1, 0.15) is 25.7 Å². The molecule has 4 unspecified atom stereocenters. The van der Waals surface area contributed by atoms with E-state index < -0.39 is 17.7 Å². The van der Waals surface area contributed by atoms with E-state index in [0.717, 1.165) is 64.4 Å². The Labute approximate surface area is 183 Å². The number of aromatic nitrogens is 2.